The predicted octanol–water partition coefficient (Wildman–Crippen LogP) is 4.21. The van der Waals surface area contributed by atoms with Crippen LogP contribution in [0.15, 0.2) is 59.6 Å². The van der Waals surface area contributed by atoms with E-state index in [4.69, 9.17) is 28.3 Å². The molecule has 34 heavy (non-hydrogen) atoms. The molecule has 12 heteroatoms. The second-order valence-corrected chi connectivity index (χ2v) is 10.0. The largest absolute Gasteiger partial charge is 0.476 e. The summed E-state index contributed by atoms with van der Waals surface area (Å²) in [5.74, 6) is -1.61. The van der Waals surface area contributed by atoms with E-state index in [9.17, 15) is 18.3 Å². The number of fused-ring (bicyclic) bond motifs is 1. The average Bonchev–Trinajstić information content (AvgIpc) is 2.78. The SMILES string of the molecule is O=C(O)c1nc2nc(Nc3cccc(S(=O)(=O)CCO)c3)ncc2cc1-c1c(Cl)cccc1Cl. The fraction of sp³-hybridized carbons (Fsp3) is 0.0909. The third kappa shape index (κ3) is 4.80. The van der Waals surface area contributed by atoms with Crippen LogP contribution in [0, 0.1) is 0 Å². The van der Waals surface area contributed by atoms with E-state index in [0.29, 0.717) is 16.6 Å². The Morgan fingerprint density at radius 1 is 1.03 bits per heavy atom. The number of aromatic carboxylic acids is 1. The molecule has 0 unspecified atom stereocenters. The van der Waals surface area contributed by atoms with E-state index in [1.165, 1.54) is 24.4 Å². The quantitative estimate of drug-likeness (QED) is 0.327. The zero-order valence-electron chi connectivity index (χ0n) is 17.2. The summed E-state index contributed by atoms with van der Waals surface area (Å²) in [6, 6.07) is 12.3. The Morgan fingerprint density at radius 3 is 2.41 bits per heavy atom. The van der Waals surface area contributed by atoms with Gasteiger partial charge in [0.05, 0.1) is 17.3 Å². The lowest BCUT2D eigenvalue weighted by atomic mass is 10.0. The Morgan fingerprint density at radius 2 is 1.74 bits per heavy atom. The van der Waals surface area contributed by atoms with E-state index in [0.717, 1.165) is 0 Å². The van der Waals surface area contributed by atoms with Crippen molar-refractivity contribution in [3.63, 3.8) is 0 Å². The molecule has 4 rings (SSSR count). The van der Waals surface area contributed by atoms with Crippen LogP contribution in [0.3, 0.4) is 0 Å². The van der Waals surface area contributed by atoms with E-state index in [1.807, 2.05) is 0 Å². The van der Waals surface area contributed by atoms with Crippen molar-refractivity contribution in [3.8, 4) is 11.1 Å². The van der Waals surface area contributed by atoms with Crippen molar-refractivity contribution in [2.24, 2.45) is 0 Å². The van der Waals surface area contributed by atoms with Gasteiger partial charge in [0.25, 0.3) is 0 Å². The number of pyridine rings is 1. The molecule has 0 bridgehead atoms. The summed E-state index contributed by atoms with van der Waals surface area (Å²) in [7, 11) is -3.64. The van der Waals surface area contributed by atoms with Crippen LogP contribution in [0.1, 0.15) is 10.5 Å². The van der Waals surface area contributed by atoms with Gasteiger partial charge in [0.15, 0.2) is 21.2 Å². The fourth-order valence-electron chi connectivity index (χ4n) is 3.27. The minimum absolute atomic E-state index is 0.0277. The van der Waals surface area contributed by atoms with E-state index >= 15 is 0 Å². The summed E-state index contributed by atoms with van der Waals surface area (Å²) in [4.78, 5) is 24.6. The van der Waals surface area contributed by atoms with Gasteiger partial charge in [-0.15, -0.1) is 0 Å². The molecule has 0 atom stereocenters. The molecule has 0 amide bonds. The van der Waals surface area contributed by atoms with E-state index in [1.54, 1.807) is 30.3 Å². The summed E-state index contributed by atoms with van der Waals surface area (Å²) in [6.07, 6.45) is 1.45. The first-order valence-corrected chi connectivity index (χ1v) is 12.2. The molecular weight excluding hydrogens is 503 g/mol. The molecule has 0 aliphatic carbocycles. The highest BCUT2D eigenvalue weighted by Gasteiger charge is 2.20. The van der Waals surface area contributed by atoms with E-state index in [-0.39, 0.29) is 37.8 Å². The first kappa shape index (κ1) is 23.8. The standard InChI is InChI=1S/C22H16Cl2N4O5S/c23-16-5-2-6-17(24)18(16)15-9-12-11-25-22(28-20(12)27-19(15)21(30)31)26-13-3-1-4-14(10-13)34(32,33)8-7-29/h1-6,9-11,29H,7-8H2,(H,30,31)(H,25,26,27,28). The van der Waals surface area contributed by atoms with Gasteiger partial charge in [0, 0.05) is 38.4 Å². The highest BCUT2D eigenvalue weighted by molar-refractivity contribution is 7.91. The van der Waals surface area contributed by atoms with E-state index in [2.05, 4.69) is 20.3 Å². The summed E-state index contributed by atoms with van der Waals surface area (Å²) in [5.41, 5.74) is 0.758. The van der Waals surface area contributed by atoms with Crippen LogP contribution in [-0.2, 0) is 9.84 Å². The van der Waals surface area contributed by atoms with Gasteiger partial charge in [-0.05, 0) is 36.4 Å². The Balaban J connectivity index is 1.75. The maximum atomic E-state index is 12.2. The van der Waals surface area contributed by atoms with Gasteiger partial charge in [0.2, 0.25) is 5.95 Å². The molecule has 2 heterocycles. The number of carbonyl (C=O) groups is 1. The first-order chi connectivity index (χ1) is 16.2. The molecule has 3 N–H and O–H groups in total. The van der Waals surface area contributed by atoms with Crippen LogP contribution < -0.4 is 5.32 Å². The molecule has 0 aliphatic heterocycles. The second-order valence-electron chi connectivity index (χ2n) is 7.09. The number of aliphatic hydroxyl groups is 1. The molecule has 9 nitrogen and oxygen atoms in total. The minimum atomic E-state index is -3.64. The zero-order valence-corrected chi connectivity index (χ0v) is 19.6. The lowest BCUT2D eigenvalue weighted by molar-refractivity contribution is 0.0691. The van der Waals surface area contributed by atoms with Gasteiger partial charge in [0.1, 0.15) is 0 Å². The lowest BCUT2D eigenvalue weighted by Crippen LogP contribution is -2.10. The Labute approximate surface area is 204 Å². The van der Waals surface area contributed by atoms with Gasteiger partial charge in [-0.3, -0.25) is 0 Å². The van der Waals surface area contributed by atoms with Crippen molar-refractivity contribution in [3.05, 3.63) is 70.5 Å². The summed E-state index contributed by atoms with van der Waals surface area (Å²) >= 11 is 12.5. The maximum Gasteiger partial charge on any atom is 0.355 e. The predicted molar refractivity (Wildman–Crippen MR) is 129 cm³/mol. The van der Waals surface area contributed by atoms with Gasteiger partial charge in [-0.25, -0.2) is 23.2 Å². The van der Waals surface area contributed by atoms with Gasteiger partial charge >= 0.3 is 5.97 Å². The number of nitrogens with zero attached hydrogens (tertiary/aromatic N) is 3. The molecule has 0 saturated heterocycles. The number of carboxylic acids is 1. The average molecular weight is 519 g/mol. The van der Waals surface area contributed by atoms with Crippen LogP contribution in [0.25, 0.3) is 22.2 Å². The molecule has 0 saturated carbocycles. The van der Waals surface area contributed by atoms with Gasteiger partial charge < -0.3 is 15.5 Å². The van der Waals surface area contributed by atoms with Crippen molar-refractivity contribution in [1.29, 1.82) is 0 Å². The molecule has 174 valence electrons. The molecule has 0 spiro atoms. The monoisotopic (exact) mass is 518 g/mol. The van der Waals surface area contributed by atoms with Gasteiger partial charge in [-0.1, -0.05) is 35.3 Å². The number of benzene rings is 2. The number of rotatable bonds is 7. The second kappa shape index (κ2) is 9.51. The van der Waals surface area contributed by atoms with Crippen LogP contribution in [0.4, 0.5) is 11.6 Å². The first-order valence-electron chi connectivity index (χ1n) is 9.76. The van der Waals surface area contributed by atoms with Crippen LogP contribution in [0.5, 0.6) is 0 Å². The number of aromatic nitrogens is 3. The fourth-order valence-corrected chi connectivity index (χ4v) is 4.94. The number of hydrogen-bond acceptors (Lipinski definition) is 8. The van der Waals surface area contributed by atoms with Crippen molar-refractivity contribution in [2.75, 3.05) is 17.7 Å². The van der Waals surface area contributed by atoms with Crippen molar-refractivity contribution in [2.45, 2.75) is 4.90 Å². The molecule has 0 fully saturated rings. The number of aliphatic hydroxyl groups excluding tert-OH is 1. The van der Waals surface area contributed by atoms with Crippen LogP contribution in [-0.4, -0.2) is 51.9 Å². The van der Waals surface area contributed by atoms with Gasteiger partial charge in [-0.2, -0.15) is 4.98 Å². The lowest BCUT2D eigenvalue weighted by Gasteiger charge is -2.12. The molecule has 2 aromatic heterocycles. The van der Waals surface area contributed by atoms with Crippen LogP contribution in [0.2, 0.25) is 10.0 Å². The number of anilines is 2. The number of halogens is 2. The normalized spacial score (nSPS) is 11.5. The topological polar surface area (TPSA) is 142 Å². The Kier molecular flexibility index (Phi) is 6.67. The smallest absolute Gasteiger partial charge is 0.355 e. The zero-order chi connectivity index (χ0) is 24.5. The molecule has 0 aliphatic rings. The highest BCUT2D eigenvalue weighted by atomic mass is 35.5. The number of carboxylic acid groups (broad SMARTS) is 1. The van der Waals surface area contributed by atoms with Crippen molar-refractivity contribution in [1.82, 2.24) is 15.0 Å². The number of sulfone groups is 1. The summed E-state index contributed by atoms with van der Waals surface area (Å²) in [6.45, 7) is -0.493. The molecule has 0 radical (unpaired) electrons. The maximum absolute atomic E-state index is 12.2. The summed E-state index contributed by atoms with van der Waals surface area (Å²) in [5, 5.41) is 22.6. The Bertz CT molecular complexity index is 1510. The Hall–Kier alpha value is -3.31. The molecule has 4 aromatic rings. The molecular formula is C22H16Cl2N4O5S. The number of hydrogen-bond donors (Lipinski definition) is 3. The van der Waals surface area contributed by atoms with Crippen molar-refractivity contribution < 1.29 is 23.4 Å². The summed E-state index contributed by atoms with van der Waals surface area (Å²) < 4.78 is 24.4. The van der Waals surface area contributed by atoms with Crippen LogP contribution >= 0.6 is 23.2 Å². The van der Waals surface area contributed by atoms with E-state index < -0.39 is 28.2 Å². The minimum Gasteiger partial charge on any atom is -0.476 e. The number of nitrogens with one attached hydrogen (secondary N) is 1. The third-order valence-corrected chi connectivity index (χ3v) is 7.13. The third-order valence-electron chi connectivity index (χ3n) is 4.81. The molecule has 2 aromatic carbocycles. The highest BCUT2D eigenvalue weighted by Crippen LogP contribution is 2.37. The van der Waals surface area contributed by atoms with Crippen molar-refractivity contribution >= 4 is 61.7 Å².